The number of piperidine rings is 1. The second-order valence-electron chi connectivity index (χ2n) is 5.50. The Morgan fingerprint density at radius 1 is 1.52 bits per heavy atom. The number of fused-ring (bicyclic) bond motifs is 3. The van der Waals surface area contributed by atoms with Crippen LogP contribution in [-0.2, 0) is 17.9 Å². The molecule has 2 aromatic rings. The van der Waals surface area contributed by atoms with Crippen LogP contribution in [0.4, 0.5) is 5.13 Å². The lowest BCUT2D eigenvalue weighted by Gasteiger charge is -2.40. The Kier molecular flexibility index (Phi) is 3.36. The van der Waals surface area contributed by atoms with E-state index < -0.39 is 0 Å². The maximum absolute atomic E-state index is 5.94. The molecule has 0 aromatic carbocycles. The summed E-state index contributed by atoms with van der Waals surface area (Å²) in [6.07, 6.45) is 3.10. The third kappa shape index (κ3) is 2.43. The molecule has 4 heterocycles. The van der Waals surface area contributed by atoms with Gasteiger partial charge in [-0.25, -0.2) is 9.67 Å². The van der Waals surface area contributed by atoms with Gasteiger partial charge in [-0.05, 0) is 6.42 Å². The fourth-order valence-corrected chi connectivity index (χ4v) is 3.77. The van der Waals surface area contributed by atoms with Crippen LogP contribution in [0.1, 0.15) is 23.9 Å². The summed E-state index contributed by atoms with van der Waals surface area (Å²) in [5.41, 5.74) is 2.20. The molecule has 0 unspecified atom stereocenters. The van der Waals surface area contributed by atoms with E-state index in [1.807, 2.05) is 11.7 Å². The number of anilines is 1. The van der Waals surface area contributed by atoms with Crippen LogP contribution in [0.25, 0.3) is 0 Å². The third-order valence-electron chi connectivity index (χ3n) is 4.16. The molecule has 2 atom stereocenters. The number of rotatable bonds is 3. The van der Waals surface area contributed by atoms with E-state index in [9.17, 15) is 0 Å². The molecule has 1 saturated heterocycles. The first-order chi connectivity index (χ1) is 10.3. The summed E-state index contributed by atoms with van der Waals surface area (Å²) in [5, 5.41) is 14.4. The van der Waals surface area contributed by atoms with Gasteiger partial charge in [0, 0.05) is 32.1 Å². The van der Waals surface area contributed by atoms with E-state index in [0.717, 1.165) is 42.6 Å². The second-order valence-corrected chi connectivity index (χ2v) is 6.36. The van der Waals surface area contributed by atoms with Crippen LogP contribution in [0.5, 0.6) is 0 Å². The van der Waals surface area contributed by atoms with Crippen molar-refractivity contribution >= 4 is 16.5 Å². The van der Waals surface area contributed by atoms with Gasteiger partial charge < -0.3 is 10.1 Å². The molecule has 0 radical (unpaired) electrons. The summed E-state index contributed by atoms with van der Waals surface area (Å²) in [6.45, 7) is 3.49. The highest BCUT2D eigenvalue weighted by atomic mass is 32.1. The van der Waals surface area contributed by atoms with E-state index in [0.29, 0.717) is 6.61 Å². The molecule has 4 rings (SSSR count). The molecule has 21 heavy (non-hydrogen) atoms. The van der Waals surface area contributed by atoms with E-state index in [2.05, 4.69) is 30.9 Å². The molecule has 2 aromatic heterocycles. The van der Waals surface area contributed by atoms with Crippen molar-refractivity contribution in [2.45, 2.75) is 31.7 Å². The highest BCUT2D eigenvalue weighted by Crippen LogP contribution is 2.30. The smallest absolute Gasteiger partial charge is 0.182 e. The minimum Gasteiger partial charge on any atom is -0.370 e. The van der Waals surface area contributed by atoms with E-state index in [-0.39, 0.29) is 12.1 Å². The van der Waals surface area contributed by atoms with Crippen molar-refractivity contribution in [2.24, 2.45) is 0 Å². The molecule has 8 heteroatoms. The Bertz CT molecular complexity index is 626. The van der Waals surface area contributed by atoms with Crippen LogP contribution in [0.2, 0.25) is 0 Å². The van der Waals surface area contributed by atoms with E-state index in [1.54, 1.807) is 17.5 Å². The monoisotopic (exact) mass is 306 g/mol. The molecule has 0 spiro atoms. The van der Waals surface area contributed by atoms with Crippen LogP contribution in [-0.4, -0.2) is 51.1 Å². The largest absolute Gasteiger partial charge is 0.370 e. The predicted octanol–water partition coefficient (Wildman–Crippen LogP) is 1.12. The number of aromatic nitrogens is 4. The third-order valence-corrected chi connectivity index (χ3v) is 5.07. The molecule has 0 saturated carbocycles. The first kappa shape index (κ1) is 13.2. The van der Waals surface area contributed by atoms with Crippen LogP contribution in [0.15, 0.2) is 11.6 Å². The quantitative estimate of drug-likeness (QED) is 0.916. The van der Waals surface area contributed by atoms with Gasteiger partial charge in [0.1, 0.15) is 0 Å². The van der Waals surface area contributed by atoms with Gasteiger partial charge in [-0.2, -0.15) is 0 Å². The zero-order valence-electron chi connectivity index (χ0n) is 11.9. The van der Waals surface area contributed by atoms with Gasteiger partial charge in [-0.1, -0.05) is 5.21 Å². The van der Waals surface area contributed by atoms with Crippen LogP contribution in [0.3, 0.4) is 0 Å². The Hall–Kier alpha value is -1.51. The van der Waals surface area contributed by atoms with Crippen molar-refractivity contribution in [1.82, 2.24) is 24.9 Å². The topological polar surface area (TPSA) is 68.1 Å². The standard InChI is InChI=1S/C13H18N6OS/c1-14-13-16-9(8-21-13)5-18-3-2-12-11(6-18)19-10(7-20-12)4-15-17-19/h4,8,11-12H,2-3,5-7H2,1H3,(H,14,16)/t11-,12+/m0/s1. The maximum Gasteiger partial charge on any atom is 0.182 e. The fraction of sp³-hybridized carbons (Fsp3) is 0.615. The van der Waals surface area contributed by atoms with Crippen LogP contribution in [0, 0.1) is 0 Å². The van der Waals surface area contributed by atoms with Crippen molar-refractivity contribution in [3.8, 4) is 0 Å². The zero-order valence-corrected chi connectivity index (χ0v) is 12.7. The minimum absolute atomic E-state index is 0.263. The van der Waals surface area contributed by atoms with Crippen molar-refractivity contribution in [2.75, 3.05) is 25.5 Å². The van der Waals surface area contributed by atoms with Gasteiger partial charge in [0.05, 0.1) is 36.3 Å². The van der Waals surface area contributed by atoms with Gasteiger partial charge in [-0.3, -0.25) is 4.90 Å². The van der Waals surface area contributed by atoms with Crippen LogP contribution >= 0.6 is 11.3 Å². The normalized spacial score (nSPS) is 25.4. The molecule has 1 N–H and O–H groups in total. The first-order valence-corrected chi connectivity index (χ1v) is 8.06. The molecule has 0 amide bonds. The van der Waals surface area contributed by atoms with Gasteiger partial charge in [-0.15, -0.1) is 16.4 Å². The number of likely N-dealkylation sites (tertiary alicyclic amines) is 1. The molecule has 0 aliphatic carbocycles. The summed E-state index contributed by atoms with van der Waals surface area (Å²) in [5.74, 6) is 0. The van der Waals surface area contributed by atoms with Gasteiger partial charge in [0.2, 0.25) is 0 Å². The molecule has 112 valence electrons. The van der Waals surface area contributed by atoms with Gasteiger partial charge in [0.25, 0.3) is 0 Å². The predicted molar refractivity (Wildman–Crippen MR) is 79.2 cm³/mol. The van der Waals surface area contributed by atoms with E-state index in [1.165, 1.54) is 0 Å². The lowest BCUT2D eigenvalue weighted by atomic mass is 10.0. The summed E-state index contributed by atoms with van der Waals surface area (Å²) in [4.78, 5) is 6.99. The molecular formula is C13H18N6OS. The number of hydrogen-bond donors (Lipinski definition) is 1. The molecule has 2 aliphatic heterocycles. The average molecular weight is 306 g/mol. The minimum atomic E-state index is 0.263. The Morgan fingerprint density at radius 3 is 3.33 bits per heavy atom. The summed E-state index contributed by atoms with van der Waals surface area (Å²) in [7, 11) is 1.90. The maximum atomic E-state index is 5.94. The number of nitrogens with zero attached hydrogens (tertiary/aromatic N) is 5. The Morgan fingerprint density at radius 2 is 2.48 bits per heavy atom. The first-order valence-electron chi connectivity index (χ1n) is 7.18. The Labute approximate surface area is 126 Å². The SMILES string of the molecule is CNc1nc(CN2CC[C@H]3OCc4cnnn4[C@H]3C2)cs1. The number of hydrogen-bond acceptors (Lipinski definition) is 7. The van der Waals surface area contributed by atoms with Gasteiger partial charge in [0.15, 0.2) is 5.13 Å². The van der Waals surface area contributed by atoms with Crippen molar-refractivity contribution < 1.29 is 4.74 Å². The van der Waals surface area contributed by atoms with Crippen molar-refractivity contribution in [3.63, 3.8) is 0 Å². The number of ether oxygens (including phenoxy) is 1. The summed E-state index contributed by atoms with van der Waals surface area (Å²) >= 11 is 1.65. The second kappa shape index (κ2) is 5.36. The Balaban J connectivity index is 1.48. The fourth-order valence-electron chi connectivity index (χ4n) is 3.11. The van der Waals surface area contributed by atoms with Crippen molar-refractivity contribution in [3.05, 3.63) is 23.0 Å². The molecular weight excluding hydrogens is 288 g/mol. The highest BCUT2D eigenvalue weighted by Gasteiger charge is 2.36. The number of thiazole rings is 1. The summed E-state index contributed by atoms with van der Waals surface area (Å²) in [6, 6.07) is 0.271. The molecule has 7 nitrogen and oxygen atoms in total. The molecule has 1 fully saturated rings. The lowest BCUT2D eigenvalue weighted by molar-refractivity contribution is -0.0671. The zero-order chi connectivity index (χ0) is 14.2. The van der Waals surface area contributed by atoms with E-state index in [4.69, 9.17) is 4.74 Å². The molecule has 2 aliphatic rings. The molecule has 0 bridgehead atoms. The van der Waals surface area contributed by atoms with E-state index >= 15 is 0 Å². The highest BCUT2D eigenvalue weighted by molar-refractivity contribution is 7.13. The average Bonchev–Trinajstić information content (AvgIpc) is 3.15. The van der Waals surface area contributed by atoms with Crippen LogP contribution < -0.4 is 5.32 Å². The van der Waals surface area contributed by atoms with Crippen molar-refractivity contribution in [1.29, 1.82) is 0 Å². The number of nitrogens with one attached hydrogen (secondary N) is 1. The lowest BCUT2D eigenvalue weighted by Crippen LogP contribution is -2.47. The summed E-state index contributed by atoms with van der Waals surface area (Å²) < 4.78 is 7.98. The van der Waals surface area contributed by atoms with Gasteiger partial charge >= 0.3 is 0 Å².